The lowest BCUT2D eigenvalue weighted by molar-refractivity contribution is -0.133. The van der Waals surface area contributed by atoms with Crippen molar-refractivity contribution in [1.82, 2.24) is 10.4 Å². The number of phenols is 1. The number of amidine groups is 1. The van der Waals surface area contributed by atoms with Gasteiger partial charge in [0.05, 0.1) is 6.42 Å². The number of hydrogen-bond acceptors (Lipinski definition) is 4. The molecule has 1 aliphatic rings. The minimum atomic E-state index is -0.494. The van der Waals surface area contributed by atoms with Crippen molar-refractivity contribution >= 4 is 35.3 Å². The van der Waals surface area contributed by atoms with Crippen LogP contribution in [0.5, 0.6) is 5.75 Å². The number of rotatable bonds is 5. The minimum Gasteiger partial charge on any atom is -0.507 e. The van der Waals surface area contributed by atoms with Gasteiger partial charge in [-0.15, -0.1) is 0 Å². The highest BCUT2D eigenvalue weighted by atomic mass is 35.5. The molecule has 0 unspecified atom stereocenters. The molecule has 0 saturated carbocycles. The molecule has 31 heavy (non-hydrogen) atoms. The Labute approximate surface area is 184 Å². The van der Waals surface area contributed by atoms with E-state index in [-0.39, 0.29) is 23.8 Å². The third-order valence-electron chi connectivity index (χ3n) is 4.64. The molecular formula is C24H18ClN3O3. The Morgan fingerprint density at radius 3 is 2.39 bits per heavy atom. The third-order valence-corrected chi connectivity index (χ3v) is 4.89. The molecular weight excluding hydrogens is 414 g/mol. The summed E-state index contributed by atoms with van der Waals surface area (Å²) in [4.78, 5) is 30.1. The summed E-state index contributed by atoms with van der Waals surface area (Å²) in [5.74, 6) is -0.532. The zero-order valence-corrected chi connectivity index (χ0v) is 17.1. The van der Waals surface area contributed by atoms with Gasteiger partial charge in [-0.3, -0.25) is 15.0 Å². The van der Waals surface area contributed by atoms with Crippen LogP contribution in [-0.2, 0) is 16.0 Å². The second-order valence-corrected chi connectivity index (χ2v) is 7.31. The predicted octanol–water partition coefficient (Wildman–Crippen LogP) is 3.95. The first-order chi connectivity index (χ1) is 15.0. The summed E-state index contributed by atoms with van der Waals surface area (Å²) in [6, 6.07) is 22.6. The first-order valence-corrected chi connectivity index (χ1v) is 9.91. The van der Waals surface area contributed by atoms with Crippen molar-refractivity contribution in [3.05, 3.63) is 106 Å². The third kappa shape index (κ3) is 4.65. The van der Waals surface area contributed by atoms with Gasteiger partial charge in [0, 0.05) is 16.1 Å². The van der Waals surface area contributed by atoms with Crippen LogP contribution in [0.2, 0.25) is 5.02 Å². The predicted molar refractivity (Wildman–Crippen MR) is 119 cm³/mol. The van der Waals surface area contributed by atoms with Gasteiger partial charge in [0.15, 0.2) is 5.84 Å². The van der Waals surface area contributed by atoms with Gasteiger partial charge < -0.3 is 5.11 Å². The molecule has 7 heteroatoms. The summed E-state index contributed by atoms with van der Waals surface area (Å²) >= 11 is 5.89. The molecule has 0 aliphatic carbocycles. The number of para-hydroxylation sites is 1. The van der Waals surface area contributed by atoms with Crippen LogP contribution in [0.25, 0.3) is 6.08 Å². The molecule has 0 fully saturated rings. The van der Waals surface area contributed by atoms with E-state index in [0.717, 1.165) is 10.6 Å². The quantitative estimate of drug-likeness (QED) is 0.600. The van der Waals surface area contributed by atoms with Gasteiger partial charge in [-0.2, -0.15) is 5.01 Å². The van der Waals surface area contributed by atoms with Crippen molar-refractivity contribution in [1.29, 1.82) is 0 Å². The number of carbonyl (C=O) groups excluding carboxylic acids is 2. The van der Waals surface area contributed by atoms with Crippen LogP contribution in [-0.4, -0.2) is 27.8 Å². The number of nitrogens with zero attached hydrogens (tertiary/aromatic N) is 2. The van der Waals surface area contributed by atoms with E-state index in [1.807, 2.05) is 18.2 Å². The largest absolute Gasteiger partial charge is 0.507 e. The lowest BCUT2D eigenvalue weighted by atomic mass is 10.1. The number of halogens is 1. The Kier molecular flexibility index (Phi) is 5.82. The summed E-state index contributed by atoms with van der Waals surface area (Å²) in [6.45, 7) is 0. The molecule has 2 amide bonds. The van der Waals surface area contributed by atoms with Gasteiger partial charge in [-0.05, 0) is 29.8 Å². The molecule has 0 atom stereocenters. The standard InChI is InChI=1S/C24H18ClN3O3/c25-19-12-10-16(11-13-19)14-22(30)27-28-23(17-6-2-1-3-7-17)26-20(24(28)31)15-18-8-4-5-9-21(18)29/h1-13,15,29H,14H2,(H,27,30)/b20-15-. The summed E-state index contributed by atoms with van der Waals surface area (Å²) in [7, 11) is 0. The van der Waals surface area contributed by atoms with Crippen molar-refractivity contribution in [2.24, 2.45) is 4.99 Å². The van der Waals surface area contributed by atoms with Crippen LogP contribution in [0.15, 0.2) is 89.6 Å². The van der Waals surface area contributed by atoms with E-state index in [1.165, 1.54) is 12.1 Å². The molecule has 0 radical (unpaired) electrons. The molecule has 154 valence electrons. The molecule has 1 heterocycles. The average molecular weight is 432 g/mol. The lowest BCUT2D eigenvalue weighted by Crippen LogP contribution is -2.48. The Bertz CT molecular complexity index is 1190. The average Bonchev–Trinajstić information content (AvgIpc) is 3.07. The highest BCUT2D eigenvalue weighted by Crippen LogP contribution is 2.24. The molecule has 3 aromatic carbocycles. The fourth-order valence-electron chi connectivity index (χ4n) is 3.11. The van der Waals surface area contributed by atoms with Gasteiger partial charge in [0.25, 0.3) is 5.91 Å². The van der Waals surface area contributed by atoms with Gasteiger partial charge in [-0.1, -0.05) is 72.3 Å². The number of phenolic OH excluding ortho intramolecular Hbond substituents is 1. The highest BCUT2D eigenvalue weighted by molar-refractivity contribution is 6.30. The lowest BCUT2D eigenvalue weighted by Gasteiger charge is -2.19. The van der Waals surface area contributed by atoms with E-state index >= 15 is 0 Å². The van der Waals surface area contributed by atoms with E-state index in [1.54, 1.807) is 54.6 Å². The second kappa shape index (κ2) is 8.85. The second-order valence-electron chi connectivity index (χ2n) is 6.87. The maximum absolute atomic E-state index is 13.1. The van der Waals surface area contributed by atoms with Crippen molar-refractivity contribution in [3.8, 4) is 5.75 Å². The van der Waals surface area contributed by atoms with Gasteiger partial charge in [0.1, 0.15) is 11.4 Å². The maximum atomic E-state index is 13.1. The zero-order chi connectivity index (χ0) is 21.8. The highest BCUT2D eigenvalue weighted by Gasteiger charge is 2.32. The summed E-state index contributed by atoms with van der Waals surface area (Å²) < 4.78 is 0. The van der Waals surface area contributed by atoms with Crippen LogP contribution in [0, 0.1) is 0 Å². The fourth-order valence-corrected chi connectivity index (χ4v) is 3.24. The fraction of sp³-hybridized carbons (Fsp3) is 0.0417. The number of hydrazine groups is 1. The molecule has 0 aromatic heterocycles. The topological polar surface area (TPSA) is 82.0 Å². The molecule has 0 bridgehead atoms. The number of amides is 2. The van der Waals surface area contributed by atoms with Crippen LogP contribution in [0.4, 0.5) is 0 Å². The SMILES string of the molecule is O=C(Cc1ccc(Cl)cc1)NN1C(=O)/C(=C/c2ccccc2O)N=C1c1ccccc1. The number of nitrogens with one attached hydrogen (secondary N) is 1. The Balaban J connectivity index is 1.63. The van der Waals surface area contributed by atoms with E-state index in [2.05, 4.69) is 10.4 Å². The smallest absolute Gasteiger partial charge is 0.297 e. The Hall–Kier alpha value is -3.90. The molecule has 6 nitrogen and oxygen atoms in total. The van der Waals surface area contributed by atoms with Crippen molar-refractivity contribution in [2.75, 3.05) is 0 Å². The number of aliphatic imine (C=N–C) groups is 1. The van der Waals surface area contributed by atoms with Crippen molar-refractivity contribution < 1.29 is 14.7 Å². The monoisotopic (exact) mass is 431 g/mol. The summed E-state index contributed by atoms with van der Waals surface area (Å²) in [5, 5.41) is 11.8. The van der Waals surface area contributed by atoms with Crippen LogP contribution in [0.3, 0.4) is 0 Å². The Morgan fingerprint density at radius 2 is 1.68 bits per heavy atom. The molecule has 2 N–H and O–H groups in total. The molecule has 0 saturated heterocycles. The number of aromatic hydroxyl groups is 1. The summed E-state index contributed by atoms with van der Waals surface area (Å²) in [5.41, 5.74) is 4.64. The normalized spacial score (nSPS) is 14.6. The summed E-state index contributed by atoms with van der Waals surface area (Å²) in [6.07, 6.45) is 1.56. The van der Waals surface area contributed by atoms with Crippen molar-refractivity contribution in [2.45, 2.75) is 6.42 Å². The number of carbonyl (C=O) groups is 2. The van der Waals surface area contributed by atoms with E-state index in [0.29, 0.717) is 22.0 Å². The molecule has 4 rings (SSSR count). The van der Waals surface area contributed by atoms with Crippen LogP contribution >= 0.6 is 11.6 Å². The van der Waals surface area contributed by atoms with Gasteiger partial charge >= 0.3 is 0 Å². The first kappa shape index (κ1) is 20.4. The molecule has 1 aliphatic heterocycles. The van der Waals surface area contributed by atoms with Crippen LogP contribution < -0.4 is 5.43 Å². The van der Waals surface area contributed by atoms with E-state index < -0.39 is 5.91 Å². The molecule has 0 spiro atoms. The molecule has 3 aromatic rings. The number of benzene rings is 3. The van der Waals surface area contributed by atoms with Gasteiger partial charge in [0.2, 0.25) is 5.91 Å². The first-order valence-electron chi connectivity index (χ1n) is 9.53. The zero-order valence-electron chi connectivity index (χ0n) is 16.3. The van der Waals surface area contributed by atoms with Gasteiger partial charge in [-0.25, -0.2) is 4.99 Å². The van der Waals surface area contributed by atoms with Crippen molar-refractivity contribution in [3.63, 3.8) is 0 Å². The van der Waals surface area contributed by atoms with E-state index in [9.17, 15) is 14.7 Å². The van der Waals surface area contributed by atoms with Crippen LogP contribution in [0.1, 0.15) is 16.7 Å². The minimum absolute atomic E-state index is 0.0319. The van der Waals surface area contributed by atoms with E-state index in [4.69, 9.17) is 11.6 Å². The maximum Gasteiger partial charge on any atom is 0.297 e. The number of hydrogen-bond donors (Lipinski definition) is 2. The Morgan fingerprint density at radius 1 is 1.00 bits per heavy atom.